The van der Waals surface area contributed by atoms with Gasteiger partial charge in [-0.05, 0) is 18.6 Å². The van der Waals surface area contributed by atoms with Crippen LogP contribution >= 0.6 is 0 Å². The predicted molar refractivity (Wildman–Crippen MR) is 77.8 cm³/mol. The molecule has 1 aromatic heterocycles. The second kappa shape index (κ2) is 5.66. The van der Waals surface area contributed by atoms with E-state index in [4.69, 9.17) is 0 Å². The van der Waals surface area contributed by atoms with E-state index in [1.54, 1.807) is 17.6 Å². The summed E-state index contributed by atoms with van der Waals surface area (Å²) in [6.07, 6.45) is 0.412. The third-order valence-electron chi connectivity index (χ3n) is 3.31. The Kier molecular flexibility index (Phi) is 4.13. The van der Waals surface area contributed by atoms with Crippen LogP contribution < -0.4 is 0 Å². The Balaban J connectivity index is 2.28. The summed E-state index contributed by atoms with van der Waals surface area (Å²) in [5.74, 6) is -0.806. The number of para-hydroxylation sites is 1. The lowest BCUT2D eigenvalue weighted by Crippen LogP contribution is -2.14. The zero-order valence-electron chi connectivity index (χ0n) is 11.2. The molecule has 0 aliphatic rings. The van der Waals surface area contributed by atoms with Gasteiger partial charge in [0.15, 0.2) is 0 Å². The van der Waals surface area contributed by atoms with E-state index in [2.05, 4.69) is 0 Å². The van der Waals surface area contributed by atoms with Gasteiger partial charge in [0, 0.05) is 23.2 Å². The monoisotopic (exact) mass is 295 g/mol. The number of carbonyl (C=O) groups is 1. The van der Waals surface area contributed by atoms with Crippen LogP contribution in [0.25, 0.3) is 10.9 Å². The van der Waals surface area contributed by atoms with Crippen molar-refractivity contribution in [2.24, 2.45) is 0 Å². The Hall–Kier alpha value is -1.82. The summed E-state index contributed by atoms with van der Waals surface area (Å²) in [5.41, 5.74) is 1.01. The molecule has 0 radical (unpaired) electrons. The van der Waals surface area contributed by atoms with Crippen LogP contribution in [0.15, 0.2) is 30.3 Å². The molecule has 2 aromatic rings. The van der Waals surface area contributed by atoms with E-state index in [-0.39, 0.29) is 17.2 Å². The fourth-order valence-electron chi connectivity index (χ4n) is 2.22. The molecule has 0 atom stereocenters. The fourth-order valence-corrected chi connectivity index (χ4v) is 3.07. The maximum atomic E-state index is 11.5. The SMILES string of the molecule is CCS(=O)(=O)CCCn1c(C(=O)O)cc2ccccc21. The third-order valence-corrected chi connectivity index (χ3v) is 5.10. The van der Waals surface area contributed by atoms with Gasteiger partial charge < -0.3 is 9.67 Å². The summed E-state index contributed by atoms with van der Waals surface area (Å²) in [4.78, 5) is 11.3. The molecule has 2 rings (SSSR count). The molecule has 0 aliphatic heterocycles. The summed E-state index contributed by atoms with van der Waals surface area (Å²) in [6.45, 7) is 2.00. The largest absolute Gasteiger partial charge is 0.477 e. The predicted octanol–water partition coefficient (Wildman–Crippen LogP) is 2.16. The first kappa shape index (κ1) is 14.6. The number of aromatic nitrogens is 1. The van der Waals surface area contributed by atoms with E-state index in [9.17, 15) is 18.3 Å². The van der Waals surface area contributed by atoms with E-state index in [0.29, 0.717) is 13.0 Å². The third kappa shape index (κ3) is 3.01. The van der Waals surface area contributed by atoms with Crippen LogP contribution in [0.3, 0.4) is 0 Å². The smallest absolute Gasteiger partial charge is 0.352 e. The summed E-state index contributed by atoms with van der Waals surface area (Å²) in [7, 11) is -3.02. The van der Waals surface area contributed by atoms with Gasteiger partial charge in [-0.2, -0.15) is 0 Å². The van der Waals surface area contributed by atoms with Crippen LogP contribution in [0.5, 0.6) is 0 Å². The highest BCUT2D eigenvalue weighted by molar-refractivity contribution is 7.91. The standard InChI is InChI=1S/C14H17NO4S/c1-2-20(18,19)9-5-8-15-12-7-4-3-6-11(12)10-13(15)14(16)17/h3-4,6-7,10H,2,5,8-9H2,1H3,(H,16,17). The maximum Gasteiger partial charge on any atom is 0.352 e. The number of benzene rings is 1. The van der Waals surface area contributed by atoms with Crippen molar-refractivity contribution in [3.05, 3.63) is 36.0 Å². The Labute approximate surface area is 117 Å². The van der Waals surface area contributed by atoms with Gasteiger partial charge >= 0.3 is 5.97 Å². The molecule has 5 nitrogen and oxygen atoms in total. The molecule has 0 bridgehead atoms. The second-order valence-corrected chi connectivity index (χ2v) is 7.11. The highest BCUT2D eigenvalue weighted by atomic mass is 32.2. The number of carboxylic acids is 1. The van der Waals surface area contributed by atoms with Gasteiger partial charge in [0.25, 0.3) is 0 Å². The van der Waals surface area contributed by atoms with E-state index in [0.717, 1.165) is 10.9 Å². The molecule has 20 heavy (non-hydrogen) atoms. The zero-order chi connectivity index (χ0) is 14.8. The van der Waals surface area contributed by atoms with E-state index >= 15 is 0 Å². The highest BCUT2D eigenvalue weighted by Gasteiger charge is 2.15. The molecule has 0 unspecified atom stereocenters. The Morgan fingerprint density at radius 1 is 1.30 bits per heavy atom. The van der Waals surface area contributed by atoms with Crippen molar-refractivity contribution in [2.75, 3.05) is 11.5 Å². The molecule has 0 spiro atoms. The number of nitrogens with zero attached hydrogens (tertiary/aromatic N) is 1. The van der Waals surface area contributed by atoms with Crippen LogP contribution in [0.4, 0.5) is 0 Å². The molecule has 1 N–H and O–H groups in total. The van der Waals surface area contributed by atoms with Gasteiger partial charge in [0.05, 0.1) is 5.75 Å². The van der Waals surface area contributed by atoms with Crippen LogP contribution in [0.1, 0.15) is 23.8 Å². The number of aromatic carboxylic acids is 1. The Bertz CT molecular complexity index is 731. The molecule has 0 amide bonds. The van der Waals surface area contributed by atoms with Crippen molar-refractivity contribution in [3.8, 4) is 0 Å². The Morgan fingerprint density at radius 3 is 2.65 bits per heavy atom. The van der Waals surface area contributed by atoms with E-state index in [1.807, 2.05) is 24.3 Å². The van der Waals surface area contributed by atoms with Crippen LogP contribution in [0, 0.1) is 0 Å². The van der Waals surface area contributed by atoms with Crippen LogP contribution in [0.2, 0.25) is 0 Å². The molecule has 108 valence electrons. The number of carboxylic acid groups (broad SMARTS) is 1. The number of hydrogen-bond acceptors (Lipinski definition) is 3. The van der Waals surface area contributed by atoms with Crippen molar-refractivity contribution in [1.29, 1.82) is 0 Å². The number of sulfone groups is 1. The molecule has 0 aliphatic carbocycles. The van der Waals surface area contributed by atoms with E-state index in [1.165, 1.54) is 0 Å². The van der Waals surface area contributed by atoms with Crippen molar-refractivity contribution in [3.63, 3.8) is 0 Å². The van der Waals surface area contributed by atoms with Crippen molar-refractivity contribution in [2.45, 2.75) is 19.9 Å². The van der Waals surface area contributed by atoms with E-state index < -0.39 is 15.8 Å². The first-order valence-corrected chi connectivity index (χ1v) is 8.29. The molecular weight excluding hydrogens is 278 g/mol. The summed E-state index contributed by atoms with van der Waals surface area (Å²) in [6, 6.07) is 9.00. The van der Waals surface area contributed by atoms with Crippen molar-refractivity contribution in [1.82, 2.24) is 4.57 Å². The molecule has 0 saturated carbocycles. The Morgan fingerprint density at radius 2 is 2.00 bits per heavy atom. The van der Waals surface area contributed by atoms with Gasteiger partial charge in [0.1, 0.15) is 15.5 Å². The normalized spacial score (nSPS) is 11.8. The molecule has 0 saturated heterocycles. The average molecular weight is 295 g/mol. The van der Waals surface area contributed by atoms with Crippen LogP contribution in [-0.2, 0) is 16.4 Å². The summed E-state index contributed by atoms with van der Waals surface area (Å²) < 4.78 is 24.6. The zero-order valence-corrected chi connectivity index (χ0v) is 12.1. The fraction of sp³-hybridized carbons (Fsp3) is 0.357. The molecular formula is C14H17NO4S. The number of hydrogen-bond donors (Lipinski definition) is 1. The number of rotatable bonds is 6. The van der Waals surface area contributed by atoms with Crippen molar-refractivity contribution >= 4 is 26.7 Å². The van der Waals surface area contributed by atoms with Gasteiger partial charge in [-0.15, -0.1) is 0 Å². The molecule has 1 heterocycles. The highest BCUT2D eigenvalue weighted by Crippen LogP contribution is 2.20. The van der Waals surface area contributed by atoms with Crippen molar-refractivity contribution < 1.29 is 18.3 Å². The second-order valence-electron chi connectivity index (χ2n) is 4.64. The molecule has 6 heteroatoms. The minimum absolute atomic E-state index is 0.0784. The van der Waals surface area contributed by atoms with Gasteiger partial charge in [0.2, 0.25) is 0 Å². The van der Waals surface area contributed by atoms with Gasteiger partial charge in [-0.3, -0.25) is 0 Å². The first-order chi connectivity index (χ1) is 9.44. The first-order valence-electron chi connectivity index (χ1n) is 6.46. The maximum absolute atomic E-state index is 11.5. The topological polar surface area (TPSA) is 76.4 Å². The lowest BCUT2D eigenvalue weighted by Gasteiger charge is -2.08. The molecule has 0 fully saturated rings. The summed E-state index contributed by atoms with van der Waals surface area (Å²) in [5, 5.41) is 10.1. The van der Waals surface area contributed by atoms with Gasteiger partial charge in [-0.1, -0.05) is 25.1 Å². The number of aryl methyl sites for hydroxylation is 1. The quantitative estimate of drug-likeness (QED) is 0.886. The minimum atomic E-state index is -3.02. The lowest BCUT2D eigenvalue weighted by molar-refractivity contribution is 0.0685. The van der Waals surface area contributed by atoms with Gasteiger partial charge in [-0.25, -0.2) is 13.2 Å². The average Bonchev–Trinajstić information content (AvgIpc) is 2.78. The minimum Gasteiger partial charge on any atom is -0.477 e. The lowest BCUT2D eigenvalue weighted by atomic mass is 10.2. The summed E-state index contributed by atoms with van der Waals surface area (Å²) >= 11 is 0. The van der Waals surface area contributed by atoms with Crippen LogP contribution in [-0.4, -0.2) is 35.6 Å². The molecule has 1 aromatic carbocycles. The number of fused-ring (bicyclic) bond motifs is 1.